The van der Waals surface area contributed by atoms with E-state index < -0.39 is 10.0 Å². The highest BCUT2D eigenvalue weighted by Crippen LogP contribution is 2.18. The summed E-state index contributed by atoms with van der Waals surface area (Å²) in [6.07, 6.45) is 5.19. The highest BCUT2D eigenvalue weighted by atomic mass is 32.2. The molecule has 0 aliphatic carbocycles. The van der Waals surface area contributed by atoms with Crippen LogP contribution in [-0.4, -0.2) is 44.9 Å². The zero-order valence-electron chi connectivity index (χ0n) is 12.7. The highest BCUT2D eigenvalue weighted by molar-refractivity contribution is 7.99. The zero-order valence-corrected chi connectivity index (χ0v) is 14.3. The Morgan fingerprint density at radius 1 is 1.33 bits per heavy atom. The molecule has 4 nitrogen and oxygen atoms in total. The van der Waals surface area contributed by atoms with Crippen LogP contribution in [0.1, 0.15) is 18.5 Å². The van der Waals surface area contributed by atoms with Crippen molar-refractivity contribution < 1.29 is 8.42 Å². The van der Waals surface area contributed by atoms with Crippen molar-refractivity contribution in [2.75, 3.05) is 32.1 Å². The third-order valence-corrected chi connectivity index (χ3v) is 5.73. The molecule has 0 saturated heterocycles. The van der Waals surface area contributed by atoms with Crippen molar-refractivity contribution in [3.05, 3.63) is 29.8 Å². The Balaban J connectivity index is 2.60. The molecule has 0 heterocycles. The van der Waals surface area contributed by atoms with Gasteiger partial charge in [0, 0.05) is 32.4 Å². The summed E-state index contributed by atoms with van der Waals surface area (Å²) in [4.78, 5) is 0.313. The summed E-state index contributed by atoms with van der Waals surface area (Å²) >= 11 is 1.72. The van der Waals surface area contributed by atoms with E-state index in [1.54, 1.807) is 23.9 Å². The van der Waals surface area contributed by atoms with Gasteiger partial charge in [-0.05, 0) is 24.6 Å². The van der Waals surface area contributed by atoms with Crippen molar-refractivity contribution in [2.24, 2.45) is 0 Å². The molecule has 1 N–H and O–H groups in total. The minimum atomic E-state index is -3.36. The van der Waals surface area contributed by atoms with Gasteiger partial charge in [-0.3, -0.25) is 0 Å². The summed E-state index contributed by atoms with van der Waals surface area (Å²) in [6, 6.07) is 7.17. The average Bonchev–Trinajstić information content (AvgIpc) is 2.46. The smallest absolute Gasteiger partial charge is 0.242 e. The van der Waals surface area contributed by atoms with E-state index in [-0.39, 0.29) is 6.04 Å². The van der Waals surface area contributed by atoms with Crippen molar-refractivity contribution in [3.63, 3.8) is 0 Å². The maximum Gasteiger partial charge on any atom is 0.242 e. The lowest BCUT2D eigenvalue weighted by Crippen LogP contribution is -2.23. The standard InChI is InChI=1S/C15H22N2O2S2/c1-5-11-20-12-10-16-13(2)14-6-8-15(9-7-14)21(18,19)17(3)4/h1,6-9,13,16H,10-12H2,2-4H3. The maximum absolute atomic E-state index is 12.0. The SMILES string of the molecule is C#CCSCCNC(C)c1ccc(S(=O)(=O)N(C)C)cc1. The number of hydrogen-bond donors (Lipinski definition) is 1. The second kappa shape index (κ2) is 8.44. The minimum absolute atomic E-state index is 0.174. The van der Waals surface area contributed by atoms with Gasteiger partial charge in [0.25, 0.3) is 0 Å². The van der Waals surface area contributed by atoms with Gasteiger partial charge in [-0.1, -0.05) is 18.1 Å². The van der Waals surface area contributed by atoms with Crippen LogP contribution in [0.15, 0.2) is 29.2 Å². The van der Waals surface area contributed by atoms with Gasteiger partial charge >= 0.3 is 0 Å². The Morgan fingerprint density at radius 3 is 2.48 bits per heavy atom. The maximum atomic E-state index is 12.0. The Labute approximate surface area is 132 Å². The highest BCUT2D eigenvalue weighted by Gasteiger charge is 2.17. The van der Waals surface area contributed by atoms with Crippen LogP contribution in [0.2, 0.25) is 0 Å². The van der Waals surface area contributed by atoms with Crippen LogP contribution >= 0.6 is 11.8 Å². The fourth-order valence-corrected chi connectivity index (χ4v) is 3.16. The van der Waals surface area contributed by atoms with Gasteiger partial charge in [-0.15, -0.1) is 18.2 Å². The molecular weight excluding hydrogens is 304 g/mol. The predicted molar refractivity (Wildman–Crippen MR) is 89.9 cm³/mol. The van der Waals surface area contributed by atoms with E-state index in [0.717, 1.165) is 23.6 Å². The van der Waals surface area contributed by atoms with Crippen LogP contribution in [0.3, 0.4) is 0 Å². The molecule has 1 unspecified atom stereocenters. The van der Waals surface area contributed by atoms with Crippen LogP contribution in [0, 0.1) is 12.3 Å². The number of nitrogens with zero attached hydrogens (tertiary/aromatic N) is 1. The molecule has 1 atom stereocenters. The number of rotatable bonds is 8. The number of terminal acetylenes is 1. The second-order valence-electron chi connectivity index (χ2n) is 4.79. The number of hydrogen-bond acceptors (Lipinski definition) is 4. The van der Waals surface area contributed by atoms with Crippen molar-refractivity contribution in [2.45, 2.75) is 17.9 Å². The van der Waals surface area contributed by atoms with Gasteiger partial charge in [0.2, 0.25) is 10.0 Å². The first-order valence-corrected chi connectivity index (χ1v) is 9.26. The fraction of sp³-hybridized carbons (Fsp3) is 0.467. The summed E-state index contributed by atoms with van der Waals surface area (Å²) in [5, 5.41) is 3.39. The van der Waals surface area contributed by atoms with E-state index in [1.165, 1.54) is 18.4 Å². The molecule has 1 aromatic rings. The molecule has 0 aliphatic rings. The quantitative estimate of drug-likeness (QED) is 0.586. The average molecular weight is 326 g/mol. The number of nitrogens with one attached hydrogen (secondary N) is 1. The molecule has 0 spiro atoms. The number of benzene rings is 1. The Bertz CT molecular complexity index is 575. The van der Waals surface area contributed by atoms with E-state index in [9.17, 15) is 8.42 Å². The van der Waals surface area contributed by atoms with Crippen molar-refractivity contribution >= 4 is 21.8 Å². The Hall–Kier alpha value is -1.00. The largest absolute Gasteiger partial charge is 0.309 e. The molecule has 0 amide bonds. The Kier molecular flexibility index (Phi) is 7.26. The third kappa shape index (κ3) is 5.36. The van der Waals surface area contributed by atoms with E-state index in [2.05, 4.69) is 18.2 Å². The normalized spacial score (nSPS) is 13.1. The first-order chi connectivity index (χ1) is 9.89. The molecule has 6 heteroatoms. The van der Waals surface area contributed by atoms with Crippen molar-refractivity contribution in [3.8, 4) is 12.3 Å². The van der Waals surface area contributed by atoms with Gasteiger partial charge in [-0.25, -0.2) is 12.7 Å². The van der Waals surface area contributed by atoms with E-state index in [0.29, 0.717) is 4.90 Å². The summed E-state index contributed by atoms with van der Waals surface area (Å²) in [6.45, 7) is 2.92. The van der Waals surface area contributed by atoms with Gasteiger partial charge < -0.3 is 5.32 Å². The topological polar surface area (TPSA) is 49.4 Å². The molecule has 1 rings (SSSR count). The monoisotopic (exact) mass is 326 g/mol. The second-order valence-corrected chi connectivity index (χ2v) is 8.05. The zero-order chi connectivity index (χ0) is 15.9. The summed E-state index contributed by atoms with van der Waals surface area (Å²) < 4.78 is 25.2. The Morgan fingerprint density at radius 2 is 1.95 bits per heavy atom. The van der Waals surface area contributed by atoms with Crippen LogP contribution in [0.4, 0.5) is 0 Å². The molecule has 0 saturated carbocycles. The molecule has 1 aromatic carbocycles. The first-order valence-electron chi connectivity index (χ1n) is 6.66. The van der Waals surface area contributed by atoms with E-state index in [4.69, 9.17) is 6.42 Å². The number of thioether (sulfide) groups is 1. The van der Waals surface area contributed by atoms with E-state index >= 15 is 0 Å². The van der Waals surface area contributed by atoms with Gasteiger partial charge in [-0.2, -0.15) is 0 Å². The molecule has 21 heavy (non-hydrogen) atoms. The lowest BCUT2D eigenvalue weighted by Gasteiger charge is -2.15. The summed E-state index contributed by atoms with van der Waals surface area (Å²) in [7, 11) is -0.298. The first kappa shape index (κ1) is 18.1. The molecule has 0 fully saturated rings. The van der Waals surface area contributed by atoms with E-state index in [1.807, 2.05) is 12.1 Å². The molecule has 0 radical (unpaired) electrons. The fourth-order valence-electron chi connectivity index (χ4n) is 1.74. The lowest BCUT2D eigenvalue weighted by molar-refractivity contribution is 0.520. The van der Waals surface area contributed by atoms with Gasteiger partial charge in [0.05, 0.1) is 10.6 Å². The molecule has 0 aromatic heterocycles. The third-order valence-electron chi connectivity index (χ3n) is 3.04. The van der Waals surface area contributed by atoms with Crippen LogP contribution in [0.5, 0.6) is 0 Å². The molecule has 0 bridgehead atoms. The molecular formula is C15H22N2O2S2. The summed E-state index contributed by atoms with van der Waals surface area (Å²) in [5.41, 5.74) is 1.06. The van der Waals surface area contributed by atoms with Crippen molar-refractivity contribution in [1.82, 2.24) is 9.62 Å². The van der Waals surface area contributed by atoms with Gasteiger partial charge in [0.1, 0.15) is 0 Å². The minimum Gasteiger partial charge on any atom is -0.309 e. The summed E-state index contributed by atoms with van der Waals surface area (Å²) in [5.74, 6) is 4.28. The van der Waals surface area contributed by atoms with Crippen molar-refractivity contribution in [1.29, 1.82) is 0 Å². The lowest BCUT2D eigenvalue weighted by atomic mass is 10.1. The van der Waals surface area contributed by atoms with Crippen LogP contribution < -0.4 is 5.32 Å². The van der Waals surface area contributed by atoms with Crippen LogP contribution in [0.25, 0.3) is 0 Å². The van der Waals surface area contributed by atoms with Gasteiger partial charge in [0.15, 0.2) is 0 Å². The predicted octanol–water partition coefficient (Wildman–Crippen LogP) is 1.95. The molecule has 116 valence electrons. The van der Waals surface area contributed by atoms with Crippen LogP contribution in [-0.2, 0) is 10.0 Å². The number of sulfonamides is 1. The molecule has 0 aliphatic heterocycles.